The Bertz CT molecular complexity index is 928. The van der Waals surface area contributed by atoms with Gasteiger partial charge in [-0.15, -0.1) is 5.10 Å². The SMILES string of the molecule is CCCCn1nc(-c2ccccn2)nc1-c1cc2n(n1)CCN(C)C2=O. The summed E-state index contributed by atoms with van der Waals surface area (Å²) in [6.07, 6.45) is 3.78. The largest absolute Gasteiger partial charge is 0.339 e. The van der Waals surface area contributed by atoms with Crippen LogP contribution in [-0.2, 0) is 13.1 Å². The zero-order chi connectivity index (χ0) is 18.1. The van der Waals surface area contributed by atoms with Crippen LogP contribution in [0.5, 0.6) is 0 Å². The van der Waals surface area contributed by atoms with Crippen LogP contribution in [0.2, 0.25) is 0 Å². The number of aromatic nitrogens is 6. The topological polar surface area (TPSA) is 81.7 Å². The monoisotopic (exact) mass is 351 g/mol. The van der Waals surface area contributed by atoms with E-state index in [1.165, 1.54) is 0 Å². The first kappa shape index (κ1) is 16.4. The molecule has 0 fully saturated rings. The van der Waals surface area contributed by atoms with Crippen molar-refractivity contribution >= 4 is 5.91 Å². The van der Waals surface area contributed by atoms with Crippen molar-refractivity contribution in [2.24, 2.45) is 0 Å². The van der Waals surface area contributed by atoms with Crippen molar-refractivity contribution < 1.29 is 4.79 Å². The highest BCUT2D eigenvalue weighted by atomic mass is 16.2. The van der Waals surface area contributed by atoms with Crippen molar-refractivity contribution in [2.75, 3.05) is 13.6 Å². The van der Waals surface area contributed by atoms with Crippen molar-refractivity contribution in [1.29, 1.82) is 0 Å². The number of pyridine rings is 1. The number of rotatable bonds is 5. The molecule has 4 heterocycles. The Morgan fingerprint density at radius 1 is 1.15 bits per heavy atom. The van der Waals surface area contributed by atoms with Gasteiger partial charge in [0.15, 0.2) is 11.6 Å². The fourth-order valence-corrected chi connectivity index (χ4v) is 3.01. The van der Waals surface area contributed by atoms with Crippen molar-refractivity contribution in [2.45, 2.75) is 32.9 Å². The summed E-state index contributed by atoms with van der Waals surface area (Å²) in [7, 11) is 1.81. The van der Waals surface area contributed by atoms with E-state index in [0.29, 0.717) is 36.1 Å². The predicted molar refractivity (Wildman–Crippen MR) is 96.3 cm³/mol. The molecule has 1 aliphatic rings. The number of amides is 1. The fourth-order valence-electron chi connectivity index (χ4n) is 3.01. The van der Waals surface area contributed by atoms with E-state index in [4.69, 9.17) is 0 Å². The number of carbonyl (C=O) groups excluding carboxylic acids is 1. The molecule has 0 radical (unpaired) electrons. The predicted octanol–water partition coefficient (Wildman–Crippen LogP) is 2.09. The molecule has 8 heteroatoms. The summed E-state index contributed by atoms with van der Waals surface area (Å²) in [6.45, 7) is 4.24. The summed E-state index contributed by atoms with van der Waals surface area (Å²) >= 11 is 0. The lowest BCUT2D eigenvalue weighted by Gasteiger charge is -2.22. The lowest BCUT2D eigenvalue weighted by atomic mass is 10.2. The van der Waals surface area contributed by atoms with Crippen molar-refractivity contribution in [3.63, 3.8) is 0 Å². The Morgan fingerprint density at radius 2 is 2.04 bits per heavy atom. The third-order valence-corrected chi connectivity index (χ3v) is 4.51. The van der Waals surface area contributed by atoms with Crippen LogP contribution < -0.4 is 0 Å². The Hall–Kier alpha value is -3.03. The maximum Gasteiger partial charge on any atom is 0.271 e. The van der Waals surface area contributed by atoms with Gasteiger partial charge in [0, 0.05) is 32.4 Å². The van der Waals surface area contributed by atoms with Gasteiger partial charge in [0.2, 0.25) is 0 Å². The lowest BCUT2D eigenvalue weighted by Crippen LogP contribution is -2.37. The van der Waals surface area contributed by atoms with Gasteiger partial charge in [0.05, 0.1) is 6.54 Å². The molecular formula is C18H21N7O. The van der Waals surface area contributed by atoms with E-state index in [1.807, 2.05) is 28.9 Å². The molecule has 0 aromatic carbocycles. The first-order chi connectivity index (χ1) is 12.7. The van der Waals surface area contributed by atoms with Crippen LogP contribution in [0.25, 0.3) is 23.0 Å². The first-order valence-corrected chi connectivity index (χ1v) is 8.87. The van der Waals surface area contributed by atoms with Crippen LogP contribution in [0.1, 0.15) is 30.3 Å². The van der Waals surface area contributed by atoms with Gasteiger partial charge in [-0.05, 0) is 18.6 Å². The van der Waals surface area contributed by atoms with Gasteiger partial charge in [0.1, 0.15) is 17.1 Å². The van der Waals surface area contributed by atoms with Crippen molar-refractivity contribution in [3.8, 4) is 23.0 Å². The maximum atomic E-state index is 12.4. The van der Waals surface area contributed by atoms with Gasteiger partial charge in [-0.3, -0.25) is 14.5 Å². The molecule has 0 aliphatic carbocycles. The average Bonchev–Trinajstić information content (AvgIpc) is 3.28. The van der Waals surface area contributed by atoms with E-state index in [-0.39, 0.29) is 5.91 Å². The molecule has 3 aromatic heterocycles. The van der Waals surface area contributed by atoms with E-state index in [2.05, 4.69) is 27.1 Å². The number of carbonyl (C=O) groups is 1. The highest BCUT2D eigenvalue weighted by molar-refractivity contribution is 5.94. The van der Waals surface area contributed by atoms with Gasteiger partial charge in [-0.25, -0.2) is 9.67 Å². The Labute approximate surface area is 151 Å². The molecule has 0 spiro atoms. The minimum Gasteiger partial charge on any atom is -0.339 e. The Kier molecular flexibility index (Phi) is 4.24. The van der Waals surface area contributed by atoms with E-state index in [0.717, 1.165) is 25.1 Å². The number of fused-ring (bicyclic) bond motifs is 1. The summed E-state index contributed by atoms with van der Waals surface area (Å²) in [5, 5.41) is 9.24. The second-order valence-corrected chi connectivity index (χ2v) is 6.42. The van der Waals surface area contributed by atoms with E-state index < -0.39 is 0 Å². The van der Waals surface area contributed by atoms with Crippen molar-refractivity contribution in [1.82, 2.24) is 34.4 Å². The molecule has 26 heavy (non-hydrogen) atoms. The zero-order valence-corrected chi connectivity index (χ0v) is 15.0. The highest BCUT2D eigenvalue weighted by Gasteiger charge is 2.26. The molecule has 0 atom stereocenters. The molecule has 0 saturated carbocycles. The van der Waals surface area contributed by atoms with Crippen LogP contribution in [0.15, 0.2) is 30.5 Å². The molecule has 1 amide bonds. The molecule has 0 bridgehead atoms. The smallest absolute Gasteiger partial charge is 0.271 e. The van der Waals surface area contributed by atoms with Crippen LogP contribution in [-0.4, -0.2) is 53.9 Å². The minimum atomic E-state index is -0.0143. The highest BCUT2D eigenvalue weighted by Crippen LogP contribution is 2.23. The standard InChI is InChI=1S/C18H21N7O/c1-3-4-9-25-17(20-16(22-25)13-7-5-6-8-19-13)14-12-15-18(26)23(2)10-11-24(15)21-14/h5-8,12H,3-4,9-11H2,1-2H3. The third-order valence-electron chi connectivity index (χ3n) is 4.51. The summed E-state index contributed by atoms with van der Waals surface area (Å²) in [5.41, 5.74) is 2.00. The Balaban J connectivity index is 1.77. The summed E-state index contributed by atoms with van der Waals surface area (Å²) in [4.78, 5) is 23.1. The molecule has 0 saturated heterocycles. The van der Waals surface area contributed by atoms with Crippen LogP contribution >= 0.6 is 0 Å². The molecule has 134 valence electrons. The fraction of sp³-hybridized carbons (Fsp3) is 0.389. The van der Waals surface area contributed by atoms with E-state index >= 15 is 0 Å². The van der Waals surface area contributed by atoms with Gasteiger partial charge in [0.25, 0.3) is 5.91 Å². The number of hydrogen-bond acceptors (Lipinski definition) is 5. The summed E-state index contributed by atoms with van der Waals surface area (Å²) in [6, 6.07) is 7.48. The van der Waals surface area contributed by atoms with Crippen LogP contribution in [0.4, 0.5) is 0 Å². The number of unbranched alkanes of at least 4 members (excludes halogenated alkanes) is 1. The normalized spacial score (nSPS) is 13.9. The maximum absolute atomic E-state index is 12.4. The first-order valence-electron chi connectivity index (χ1n) is 8.87. The number of nitrogens with zero attached hydrogens (tertiary/aromatic N) is 7. The lowest BCUT2D eigenvalue weighted by molar-refractivity contribution is 0.0743. The summed E-state index contributed by atoms with van der Waals surface area (Å²) in [5.74, 6) is 1.24. The van der Waals surface area contributed by atoms with Gasteiger partial charge < -0.3 is 4.90 Å². The second kappa shape index (κ2) is 6.70. The Morgan fingerprint density at radius 3 is 2.81 bits per heavy atom. The summed E-state index contributed by atoms with van der Waals surface area (Å²) < 4.78 is 3.63. The average molecular weight is 351 g/mol. The van der Waals surface area contributed by atoms with Crippen LogP contribution in [0.3, 0.4) is 0 Å². The molecule has 4 rings (SSSR count). The molecule has 0 N–H and O–H groups in total. The number of likely N-dealkylation sites (N-methyl/N-ethyl adjacent to an activating group) is 1. The molecular weight excluding hydrogens is 330 g/mol. The van der Waals surface area contributed by atoms with E-state index in [9.17, 15) is 4.79 Å². The van der Waals surface area contributed by atoms with Crippen LogP contribution in [0, 0.1) is 0 Å². The van der Waals surface area contributed by atoms with Gasteiger partial charge in [-0.2, -0.15) is 5.10 Å². The molecule has 1 aliphatic heterocycles. The third kappa shape index (κ3) is 2.87. The van der Waals surface area contributed by atoms with Gasteiger partial charge in [-0.1, -0.05) is 19.4 Å². The second-order valence-electron chi connectivity index (χ2n) is 6.42. The molecule has 8 nitrogen and oxygen atoms in total. The van der Waals surface area contributed by atoms with Crippen molar-refractivity contribution in [3.05, 3.63) is 36.2 Å². The molecule has 3 aromatic rings. The molecule has 0 unspecified atom stereocenters. The van der Waals surface area contributed by atoms with E-state index in [1.54, 1.807) is 22.8 Å². The minimum absolute atomic E-state index is 0.0143. The zero-order valence-electron chi connectivity index (χ0n) is 15.0. The number of aryl methyl sites for hydroxylation is 1. The number of hydrogen-bond donors (Lipinski definition) is 0. The quantitative estimate of drug-likeness (QED) is 0.703. The van der Waals surface area contributed by atoms with Gasteiger partial charge >= 0.3 is 0 Å².